The molecule has 0 saturated heterocycles. The van der Waals surface area contributed by atoms with Crippen LogP contribution in [0.4, 0.5) is 10.2 Å². The van der Waals surface area contributed by atoms with Crippen molar-refractivity contribution in [3.05, 3.63) is 59.5 Å². The predicted molar refractivity (Wildman–Crippen MR) is 80.3 cm³/mol. The van der Waals surface area contributed by atoms with E-state index in [-0.39, 0.29) is 11.7 Å². The van der Waals surface area contributed by atoms with Crippen LogP contribution in [0.25, 0.3) is 0 Å². The lowest BCUT2D eigenvalue weighted by atomic mass is 10.2. The fraction of sp³-hybridized carbons (Fsp3) is 0.250. The molecule has 2 N–H and O–H groups in total. The molecule has 0 bridgehead atoms. The van der Waals surface area contributed by atoms with Gasteiger partial charge in [-0.05, 0) is 36.8 Å². The predicted octanol–water partition coefficient (Wildman–Crippen LogP) is 2.65. The molecule has 0 fully saturated rings. The molecule has 0 radical (unpaired) electrons. The number of halogens is 1. The molecule has 0 saturated carbocycles. The second kappa shape index (κ2) is 7.50. The normalized spacial score (nSPS) is 10.4. The number of carbonyl (C=O) groups is 1. The van der Waals surface area contributed by atoms with Crippen LogP contribution in [0.15, 0.2) is 42.5 Å². The molecule has 0 aliphatic heterocycles. The second-order valence-electron chi connectivity index (χ2n) is 4.77. The van der Waals surface area contributed by atoms with E-state index in [1.807, 2.05) is 25.1 Å². The zero-order valence-electron chi connectivity index (χ0n) is 11.9. The van der Waals surface area contributed by atoms with Gasteiger partial charge in [-0.3, -0.25) is 4.79 Å². The highest BCUT2D eigenvalue weighted by Crippen LogP contribution is 2.05. The third kappa shape index (κ3) is 5.31. The van der Waals surface area contributed by atoms with Crippen molar-refractivity contribution in [2.24, 2.45) is 0 Å². The first-order valence-corrected chi connectivity index (χ1v) is 6.82. The van der Waals surface area contributed by atoms with E-state index in [1.54, 1.807) is 12.1 Å². The minimum absolute atomic E-state index is 0.0974. The van der Waals surface area contributed by atoms with E-state index >= 15 is 0 Å². The van der Waals surface area contributed by atoms with E-state index in [9.17, 15) is 9.18 Å². The molecule has 2 aromatic rings. The minimum atomic E-state index is -0.252. The number of anilines is 1. The Hall–Kier alpha value is -2.27. The number of hydrogen-bond acceptors (Lipinski definition) is 3. The van der Waals surface area contributed by atoms with Crippen molar-refractivity contribution in [3.63, 3.8) is 0 Å². The van der Waals surface area contributed by atoms with Crippen LogP contribution in [0.3, 0.4) is 0 Å². The van der Waals surface area contributed by atoms with Gasteiger partial charge in [0.05, 0.1) is 0 Å². The molecule has 1 heterocycles. The first-order valence-electron chi connectivity index (χ1n) is 6.82. The van der Waals surface area contributed by atoms with E-state index in [0.717, 1.165) is 11.3 Å². The molecule has 21 heavy (non-hydrogen) atoms. The van der Waals surface area contributed by atoms with Gasteiger partial charge in [0.1, 0.15) is 11.6 Å². The summed E-state index contributed by atoms with van der Waals surface area (Å²) in [6.45, 7) is 2.93. The van der Waals surface area contributed by atoms with E-state index < -0.39 is 0 Å². The van der Waals surface area contributed by atoms with Crippen molar-refractivity contribution < 1.29 is 9.18 Å². The summed E-state index contributed by atoms with van der Waals surface area (Å²) in [5, 5.41) is 5.85. The van der Waals surface area contributed by atoms with Gasteiger partial charge in [0.25, 0.3) is 0 Å². The number of nitrogens with one attached hydrogen (secondary N) is 2. The summed E-state index contributed by atoms with van der Waals surface area (Å²) in [6, 6.07) is 11.9. The van der Waals surface area contributed by atoms with Gasteiger partial charge in [-0.15, -0.1) is 0 Å². The smallest absolute Gasteiger partial charge is 0.226 e. The SMILES string of the molecule is Cc1cccc(NC(=O)CCNCc2cccc(F)c2)n1. The Morgan fingerprint density at radius 3 is 2.81 bits per heavy atom. The Morgan fingerprint density at radius 2 is 2.05 bits per heavy atom. The Balaban J connectivity index is 1.70. The van der Waals surface area contributed by atoms with Crippen LogP contribution in [-0.2, 0) is 11.3 Å². The van der Waals surface area contributed by atoms with Crippen molar-refractivity contribution in [2.75, 3.05) is 11.9 Å². The topological polar surface area (TPSA) is 54.0 Å². The molecule has 0 aliphatic carbocycles. The Labute approximate surface area is 123 Å². The maximum absolute atomic E-state index is 13.0. The van der Waals surface area contributed by atoms with E-state index in [2.05, 4.69) is 15.6 Å². The Bertz CT molecular complexity index is 616. The maximum Gasteiger partial charge on any atom is 0.226 e. The number of nitrogens with zero attached hydrogens (tertiary/aromatic N) is 1. The first-order chi connectivity index (χ1) is 10.1. The van der Waals surface area contributed by atoms with E-state index in [1.165, 1.54) is 12.1 Å². The monoisotopic (exact) mass is 287 g/mol. The van der Waals surface area contributed by atoms with Gasteiger partial charge < -0.3 is 10.6 Å². The van der Waals surface area contributed by atoms with Crippen LogP contribution in [0, 0.1) is 12.7 Å². The number of hydrogen-bond donors (Lipinski definition) is 2. The van der Waals surface area contributed by atoms with E-state index in [0.29, 0.717) is 25.3 Å². The number of benzene rings is 1. The zero-order chi connectivity index (χ0) is 15.1. The number of aryl methyl sites for hydroxylation is 1. The number of pyridine rings is 1. The second-order valence-corrected chi connectivity index (χ2v) is 4.77. The molecule has 0 unspecified atom stereocenters. The summed E-state index contributed by atoms with van der Waals surface area (Å²) in [6.07, 6.45) is 0.338. The molecule has 1 amide bonds. The van der Waals surface area contributed by atoms with Crippen LogP contribution in [-0.4, -0.2) is 17.4 Å². The van der Waals surface area contributed by atoms with Gasteiger partial charge in [-0.25, -0.2) is 9.37 Å². The van der Waals surface area contributed by atoms with Gasteiger partial charge >= 0.3 is 0 Å². The first kappa shape index (κ1) is 15.1. The summed E-state index contributed by atoms with van der Waals surface area (Å²) in [4.78, 5) is 15.9. The molecule has 1 aromatic carbocycles. The molecule has 4 nitrogen and oxygen atoms in total. The average molecular weight is 287 g/mol. The summed E-state index contributed by atoms with van der Waals surface area (Å²) in [5.41, 5.74) is 1.72. The van der Waals surface area contributed by atoms with Crippen molar-refractivity contribution in [2.45, 2.75) is 19.9 Å². The van der Waals surface area contributed by atoms with Crippen molar-refractivity contribution >= 4 is 11.7 Å². The van der Waals surface area contributed by atoms with Crippen molar-refractivity contribution in [1.29, 1.82) is 0 Å². The molecule has 0 atom stereocenters. The van der Waals surface area contributed by atoms with Crippen LogP contribution >= 0.6 is 0 Å². The minimum Gasteiger partial charge on any atom is -0.312 e. The van der Waals surface area contributed by atoms with Crippen LogP contribution in [0.1, 0.15) is 17.7 Å². The van der Waals surface area contributed by atoms with Crippen molar-refractivity contribution in [1.82, 2.24) is 10.3 Å². The summed E-state index contributed by atoms with van der Waals surface area (Å²) in [7, 11) is 0. The highest BCUT2D eigenvalue weighted by molar-refractivity contribution is 5.89. The molecule has 1 aromatic heterocycles. The fourth-order valence-electron chi connectivity index (χ4n) is 1.90. The average Bonchev–Trinajstić information content (AvgIpc) is 2.44. The highest BCUT2D eigenvalue weighted by atomic mass is 19.1. The summed E-state index contributed by atoms with van der Waals surface area (Å²) in [5.74, 6) is 0.211. The van der Waals surface area contributed by atoms with Gasteiger partial charge in [0, 0.05) is 25.2 Å². The Morgan fingerprint density at radius 1 is 1.24 bits per heavy atom. The zero-order valence-corrected chi connectivity index (χ0v) is 11.9. The van der Waals surface area contributed by atoms with Gasteiger partial charge in [0.15, 0.2) is 0 Å². The third-order valence-electron chi connectivity index (χ3n) is 2.90. The molecule has 0 spiro atoms. The van der Waals surface area contributed by atoms with Crippen LogP contribution in [0.2, 0.25) is 0 Å². The molecular weight excluding hydrogens is 269 g/mol. The lowest BCUT2D eigenvalue weighted by Crippen LogP contribution is -2.22. The molecular formula is C16H18FN3O. The molecule has 0 aliphatic rings. The molecule has 5 heteroatoms. The fourth-order valence-corrected chi connectivity index (χ4v) is 1.90. The quantitative estimate of drug-likeness (QED) is 0.803. The molecule has 110 valence electrons. The van der Waals surface area contributed by atoms with Gasteiger partial charge in [-0.2, -0.15) is 0 Å². The lowest BCUT2D eigenvalue weighted by molar-refractivity contribution is -0.116. The third-order valence-corrected chi connectivity index (χ3v) is 2.90. The van der Waals surface area contributed by atoms with Crippen molar-refractivity contribution in [3.8, 4) is 0 Å². The van der Waals surface area contributed by atoms with Crippen LogP contribution < -0.4 is 10.6 Å². The Kier molecular flexibility index (Phi) is 5.40. The number of rotatable bonds is 6. The number of amides is 1. The largest absolute Gasteiger partial charge is 0.312 e. The maximum atomic E-state index is 13.0. The lowest BCUT2D eigenvalue weighted by Gasteiger charge is -2.06. The van der Waals surface area contributed by atoms with Gasteiger partial charge in [-0.1, -0.05) is 18.2 Å². The number of carbonyl (C=O) groups excluding carboxylic acids is 1. The number of aromatic nitrogens is 1. The summed E-state index contributed by atoms with van der Waals surface area (Å²) < 4.78 is 13.0. The summed E-state index contributed by atoms with van der Waals surface area (Å²) >= 11 is 0. The standard InChI is InChI=1S/C16H18FN3O/c1-12-4-2-7-15(19-12)20-16(21)8-9-18-11-13-5-3-6-14(17)10-13/h2-7,10,18H,8-9,11H2,1H3,(H,19,20,21). The molecule has 2 rings (SSSR count). The highest BCUT2D eigenvalue weighted by Gasteiger charge is 2.03. The van der Waals surface area contributed by atoms with Gasteiger partial charge in [0.2, 0.25) is 5.91 Å². The van der Waals surface area contributed by atoms with Crippen LogP contribution in [0.5, 0.6) is 0 Å². The van der Waals surface area contributed by atoms with E-state index in [4.69, 9.17) is 0 Å².